The van der Waals surface area contributed by atoms with E-state index in [-0.39, 0.29) is 10.6 Å². The van der Waals surface area contributed by atoms with Crippen LogP contribution in [0.4, 0.5) is 14.5 Å². The SMILES string of the molecule is CCCNC(=O)CN(c1ccc(F)cc1)S(=O)(=O)c1ccc(F)cc1. The molecule has 0 saturated carbocycles. The van der Waals surface area contributed by atoms with Crippen molar-refractivity contribution in [3.05, 3.63) is 60.2 Å². The van der Waals surface area contributed by atoms with Crippen LogP contribution in [0.3, 0.4) is 0 Å². The molecule has 0 atom stereocenters. The average Bonchev–Trinajstić information content (AvgIpc) is 2.59. The number of hydrogen-bond donors (Lipinski definition) is 1. The van der Waals surface area contributed by atoms with Crippen molar-refractivity contribution >= 4 is 21.6 Å². The molecule has 0 saturated heterocycles. The molecule has 25 heavy (non-hydrogen) atoms. The normalized spacial score (nSPS) is 11.2. The predicted octanol–water partition coefficient (Wildman–Crippen LogP) is 2.69. The third kappa shape index (κ3) is 4.76. The molecule has 0 radical (unpaired) electrons. The van der Waals surface area contributed by atoms with Gasteiger partial charge in [0.25, 0.3) is 10.0 Å². The van der Waals surface area contributed by atoms with E-state index in [2.05, 4.69) is 5.32 Å². The maximum atomic E-state index is 13.2. The van der Waals surface area contributed by atoms with E-state index in [1.807, 2.05) is 6.92 Å². The summed E-state index contributed by atoms with van der Waals surface area (Å²) in [6.45, 7) is 1.81. The molecule has 0 bridgehead atoms. The highest BCUT2D eigenvalue weighted by Gasteiger charge is 2.27. The third-order valence-corrected chi connectivity index (χ3v) is 5.16. The van der Waals surface area contributed by atoms with Crippen molar-refractivity contribution in [2.45, 2.75) is 18.2 Å². The summed E-state index contributed by atoms with van der Waals surface area (Å²) < 4.78 is 52.8. The molecule has 2 aromatic rings. The number of amides is 1. The van der Waals surface area contributed by atoms with Gasteiger partial charge in [0.15, 0.2) is 0 Å². The summed E-state index contributed by atoms with van der Waals surface area (Å²) >= 11 is 0. The predicted molar refractivity (Wildman–Crippen MR) is 90.6 cm³/mol. The Morgan fingerprint density at radius 1 is 1.00 bits per heavy atom. The summed E-state index contributed by atoms with van der Waals surface area (Å²) in [5, 5.41) is 2.60. The Morgan fingerprint density at radius 3 is 2.04 bits per heavy atom. The first-order chi connectivity index (χ1) is 11.8. The van der Waals surface area contributed by atoms with Gasteiger partial charge in [0.1, 0.15) is 18.2 Å². The zero-order chi connectivity index (χ0) is 18.4. The summed E-state index contributed by atoms with van der Waals surface area (Å²) in [5.41, 5.74) is 0.136. The molecule has 0 fully saturated rings. The number of carbonyl (C=O) groups is 1. The molecule has 1 amide bonds. The highest BCUT2D eigenvalue weighted by atomic mass is 32.2. The molecule has 8 heteroatoms. The van der Waals surface area contributed by atoms with Crippen LogP contribution in [0.1, 0.15) is 13.3 Å². The lowest BCUT2D eigenvalue weighted by molar-refractivity contribution is -0.119. The first kappa shape index (κ1) is 18.9. The van der Waals surface area contributed by atoms with Crippen LogP contribution >= 0.6 is 0 Å². The van der Waals surface area contributed by atoms with Crippen LogP contribution in [-0.2, 0) is 14.8 Å². The van der Waals surface area contributed by atoms with Gasteiger partial charge in [-0.05, 0) is 55.0 Å². The Bertz CT molecular complexity index is 822. The van der Waals surface area contributed by atoms with Crippen molar-refractivity contribution in [1.29, 1.82) is 0 Å². The van der Waals surface area contributed by atoms with Crippen molar-refractivity contribution in [2.24, 2.45) is 0 Å². The zero-order valence-electron chi connectivity index (χ0n) is 13.6. The molecule has 5 nitrogen and oxygen atoms in total. The van der Waals surface area contributed by atoms with Gasteiger partial charge in [0.2, 0.25) is 5.91 Å². The van der Waals surface area contributed by atoms with E-state index < -0.39 is 34.1 Å². The second-order valence-electron chi connectivity index (χ2n) is 5.29. The quantitative estimate of drug-likeness (QED) is 0.817. The molecule has 0 aromatic heterocycles. The Labute approximate surface area is 145 Å². The topological polar surface area (TPSA) is 66.5 Å². The van der Waals surface area contributed by atoms with E-state index in [0.29, 0.717) is 13.0 Å². The number of sulfonamides is 1. The van der Waals surface area contributed by atoms with Gasteiger partial charge in [0.05, 0.1) is 10.6 Å². The lowest BCUT2D eigenvalue weighted by Gasteiger charge is -2.24. The third-order valence-electron chi connectivity index (χ3n) is 3.38. The number of rotatable bonds is 7. The molecular formula is C17H18F2N2O3S. The Hall–Kier alpha value is -2.48. The van der Waals surface area contributed by atoms with Crippen LogP contribution in [0.25, 0.3) is 0 Å². The van der Waals surface area contributed by atoms with Gasteiger partial charge < -0.3 is 5.32 Å². The summed E-state index contributed by atoms with van der Waals surface area (Å²) in [6.07, 6.45) is 0.701. The van der Waals surface area contributed by atoms with Crippen LogP contribution in [0.2, 0.25) is 0 Å². The lowest BCUT2D eigenvalue weighted by atomic mass is 10.3. The molecular weight excluding hydrogens is 350 g/mol. The first-order valence-electron chi connectivity index (χ1n) is 7.65. The molecule has 0 spiro atoms. The minimum atomic E-state index is -4.12. The maximum Gasteiger partial charge on any atom is 0.264 e. The van der Waals surface area contributed by atoms with E-state index in [4.69, 9.17) is 0 Å². The minimum Gasteiger partial charge on any atom is -0.355 e. The number of benzene rings is 2. The van der Waals surface area contributed by atoms with Gasteiger partial charge >= 0.3 is 0 Å². The van der Waals surface area contributed by atoms with E-state index in [1.54, 1.807) is 0 Å². The molecule has 0 aliphatic rings. The fourth-order valence-electron chi connectivity index (χ4n) is 2.11. The van der Waals surface area contributed by atoms with Crippen LogP contribution in [0.5, 0.6) is 0 Å². The second kappa shape index (κ2) is 8.06. The molecule has 1 N–H and O–H groups in total. The highest BCUT2D eigenvalue weighted by Crippen LogP contribution is 2.24. The van der Waals surface area contributed by atoms with Crippen molar-refractivity contribution in [2.75, 3.05) is 17.4 Å². The fraction of sp³-hybridized carbons (Fsp3) is 0.235. The smallest absolute Gasteiger partial charge is 0.264 e. The van der Waals surface area contributed by atoms with Crippen LogP contribution in [-0.4, -0.2) is 27.4 Å². The largest absolute Gasteiger partial charge is 0.355 e. The summed E-state index contributed by atoms with van der Waals surface area (Å²) in [5.74, 6) is -1.59. The van der Waals surface area contributed by atoms with Crippen molar-refractivity contribution in [3.63, 3.8) is 0 Å². The zero-order valence-corrected chi connectivity index (χ0v) is 14.4. The van der Waals surface area contributed by atoms with Gasteiger partial charge in [-0.25, -0.2) is 17.2 Å². The Morgan fingerprint density at radius 2 is 1.52 bits per heavy atom. The monoisotopic (exact) mass is 368 g/mol. The highest BCUT2D eigenvalue weighted by molar-refractivity contribution is 7.92. The van der Waals surface area contributed by atoms with Gasteiger partial charge in [-0.3, -0.25) is 9.10 Å². The number of hydrogen-bond acceptors (Lipinski definition) is 3. The van der Waals surface area contributed by atoms with Gasteiger partial charge in [-0.1, -0.05) is 6.92 Å². The number of nitrogens with zero attached hydrogens (tertiary/aromatic N) is 1. The van der Waals surface area contributed by atoms with Crippen LogP contribution < -0.4 is 9.62 Å². The molecule has 0 aliphatic heterocycles. The second-order valence-corrected chi connectivity index (χ2v) is 7.15. The lowest BCUT2D eigenvalue weighted by Crippen LogP contribution is -2.41. The summed E-state index contributed by atoms with van der Waals surface area (Å²) in [7, 11) is -4.12. The van der Waals surface area contributed by atoms with Crippen LogP contribution in [0.15, 0.2) is 53.4 Å². The minimum absolute atomic E-state index is 0.136. The molecule has 2 aromatic carbocycles. The van der Waals surface area contributed by atoms with E-state index in [1.165, 1.54) is 12.1 Å². The number of anilines is 1. The van der Waals surface area contributed by atoms with Crippen molar-refractivity contribution < 1.29 is 22.0 Å². The summed E-state index contributed by atoms with van der Waals surface area (Å²) in [6, 6.07) is 9.02. The molecule has 0 unspecified atom stereocenters. The van der Waals surface area contributed by atoms with E-state index >= 15 is 0 Å². The number of halogens is 2. The number of nitrogens with one attached hydrogen (secondary N) is 1. The van der Waals surface area contributed by atoms with Crippen molar-refractivity contribution in [3.8, 4) is 0 Å². The van der Waals surface area contributed by atoms with Crippen molar-refractivity contribution in [1.82, 2.24) is 5.32 Å². The average molecular weight is 368 g/mol. The maximum absolute atomic E-state index is 13.2. The van der Waals surface area contributed by atoms with E-state index in [9.17, 15) is 22.0 Å². The fourth-order valence-corrected chi connectivity index (χ4v) is 3.53. The van der Waals surface area contributed by atoms with Crippen LogP contribution in [0, 0.1) is 11.6 Å². The molecule has 134 valence electrons. The summed E-state index contributed by atoms with van der Waals surface area (Å²) in [4.78, 5) is 11.9. The number of carbonyl (C=O) groups excluding carboxylic acids is 1. The Kier molecular flexibility index (Phi) is 6.08. The van der Waals surface area contributed by atoms with Gasteiger partial charge in [0, 0.05) is 6.54 Å². The molecule has 0 heterocycles. The first-order valence-corrected chi connectivity index (χ1v) is 9.09. The standard InChI is InChI=1S/C17H18F2N2O3S/c1-2-11-20-17(22)12-21(15-7-3-13(18)4-8-15)25(23,24)16-9-5-14(19)6-10-16/h3-10H,2,11-12H2,1H3,(H,20,22). The molecule has 0 aliphatic carbocycles. The molecule has 2 rings (SSSR count). The van der Waals surface area contributed by atoms with E-state index in [0.717, 1.165) is 40.7 Å². The van der Waals surface area contributed by atoms with Gasteiger partial charge in [-0.15, -0.1) is 0 Å². The Balaban J connectivity index is 2.40. The van der Waals surface area contributed by atoms with Gasteiger partial charge in [-0.2, -0.15) is 0 Å².